The van der Waals surface area contributed by atoms with Crippen LogP contribution in [-0.2, 0) is 40.1 Å². The van der Waals surface area contributed by atoms with Crippen LogP contribution >= 0.6 is 0 Å². The minimum Gasteiger partial charge on any atom is -0.445 e. The Balaban J connectivity index is 1.88. The number of nitrogens with zero attached hydrogens (tertiary/aromatic N) is 1. The van der Waals surface area contributed by atoms with Crippen molar-refractivity contribution >= 4 is 41.5 Å². The molecule has 6 atom stereocenters. The molecule has 1 aromatic rings. The molecule has 1 aliphatic rings. The van der Waals surface area contributed by atoms with Gasteiger partial charge in [0.1, 0.15) is 42.9 Å². The van der Waals surface area contributed by atoms with Crippen LogP contribution in [0.5, 0.6) is 0 Å². The summed E-state index contributed by atoms with van der Waals surface area (Å²) in [6.45, 7) is 13.4. The van der Waals surface area contributed by atoms with Gasteiger partial charge in [0.15, 0.2) is 0 Å². The fourth-order valence-corrected chi connectivity index (χ4v) is 4.91. The van der Waals surface area contributed by atoms with Crippen molar-refractivity contribution in [2.75, 3.05) is 6.54 Å². The summed E-state index contributed by atoms with van der Waals surface area (Å²) in [4.78, 5) is 90.5. The van der Waals surface area contributed by atoms with Gasteiger partial charge in [-0.2, -0.15) is 0 Å². The van der Waals surface area contributed by atoms with Gasteiger partial charge in [0.25, 0.3) is 5.91 Å². The van der Waals surface area contributed by atoms with Crippen LogP contribution in [0.3, 0.4) is 0 Å². The number of ether oxygens (including phenoxy) is 1. The summed E-state index contributed by atoms with van der Waals surface area (Å²) in [5, 5.41) is 12.9. The monoisotopic (exact) mass is 688 g/mol. The summed E-state index contributed by atoms with van der Waals surface area (Å²) in [6.07, 6.45) is 0.120. The van der Waals surface area contributed by atoms with Gasteiger partial charge in [-0.25, -0.2) is 10.2 Å². The average molecular weight is 689 g/mol. The molecule has 1 aliphatic heterocycles. The van der Waals surface area contributed by atoms with Crippen molar-refractivity contribution in [1.82, 2.24) is 42.3 Å². The molecule has 49 heavy (non-hydrogen) atoms. The molecule has 16 heteroatoms. The molecular weight excluding hydrogens is 636 g/mol. The van der Waals surface area contributed by atoms with Crippen molar-refractivity contribution in [3.63, 3.8) is 0 Å². The number of amides is 7. The topological polar surface area (TPSA) is 216 Å². The summed E-state index contributed by atoms with van der Waals surface area (Å²) < 4.78 is 5.14. The molecule has 1 saturated heterocycles. The molecular formula is C33H52N8O8. The van der Waals surface area contributed by atoms with Gasteiger partial charge in [-0.15, -0.1) is 0 Å². The molecule has 0 radical (unpaired) electrons. The normalized spacial score (nSPS) is 17.2. The van der Waals surface area contributed by atoms with E-state index in [4.69, 9.17) is 4.74 Å². The van der Waals surface area contributed by atoms with Crippen LogP contribution in [0.1, 0.15) is 73.8 Å². The van der Waals surface area contributed by atoms with Crippen LogP contribution in [0.4, 0.5) is 4.79 Å². The third kappa shape index (κ3) is 13.0. The molecule has 7 amide bonds. The summed E-state index contributed by atoms with van der Waals surface area (Å²) >= 11 is 0. The Labute approximate surface area is 287 Å². The van der Waals surface area contributed by atoms with E-state index in [1.54, 1.807) is 39.8 Å². The highest BCUT2D eigenvalue weighted by Crippen LogP contribution is 2.18. The smallest absolute Gasteiger partial charge is 0.408 e. The third-order valence-corrected chi connectivity index (χ3v) is 7.74. The Kier molecular flexibility index (Phi) is 15.9. The Hall–Kier alpha value is -4.73. The summed E-state index contributed by atoms with van der Waals surface area (Å²) in [5.74, 6) is -3.42. The van der Waals surface area contributed by atoms with E-state index in [2.05, 4.69) is 37.4 Å². The van der Waals surface area contributed by atoms with Crippen molar-refractivity contribution in [1.29, 1.82) is 0 Å². The van der Waals surface area contributed by atoms with Gasteiger partial charge in [-0.3, -0.25) is 34.2 Å². The van der Waals surface area contributed by atoms with E-state index < -0.39 is 71.9 Å². The zero-order chi connectivity index (χ0) is 36.8. The molecule has 1 aromatic carbocycles. The third-order valence-electron chi connectivity index (χ3n) is 7.74. The number of hydrogen-bond donors (Lipinski definition) is 7. The molecule has 2 rings (SSSR count). The van der Waals surface area contributed by atoms with E-state index in [1.807, 2.05) is 18.2 Å². The summed E-state index contributed by atoms with van der Waals surface area (Å²) in [7, 11) is 0. The summed E-state index contributed by atoms with van der Waals surface area (Å²) in [5.41, 5.74) is 6.05. The molecule has 0 saturated carbocycles. The maximum atomic E-state index is 13.3. The zero-order valence-electron chi connectivity index (χ0n) is 29.5. The van der Waals surface area contributed by atoms with E-state index in [1.165, 1.54) is 32.6 Å². The van der Waals surface area contributed by atoms with Crippen LogP contribution in [0.15, 0.2) is 30.3 Å². The van der Waals surface area contributed by atoms with Crippen molar-refractivity contribution in [2.45, 2.75) is 117 Å². The second-order valence-electron chi connectivity index (χ2n) is 12.8. The van der Waals surface area contributed by atoms with E-state index >= 15 is 0 Å². The van der Waals surface area contributed by atoms with Crippen LogP contribution in [0.25, 0.3) is 0 Å². The molecule has 1 fully saturated rings. The SMILES string of the molecule is CC(C)NC(=O)[C@H](C)NC(=O)[C@H](C)NC(=O)[C@@H](NNC(=O)[C@@H]1CCCN1C(=O)[C@H](C)NC(=O)[C@H](C)NC(=O)OCc1ccccc1)C(C)C. The first-order chi connectivity index (χ1) is 23.0. The van der Waals surface area contributed by atoms with Gasteiger partial charge in [-0.1, -0.05) is 44.2 Å². The molecule has 272 valence electrons. The van der Waals surface area contributed by atoms with Crippen molar-refractivity contribution in [2.24, 2.45) is 5.92 Å². The van der Waals surface area contributed by atoms with Crippen LogP contribution < -0.4 is 37.4 Å². The fourth-order valence-electron chi connectivity index (χ4n) is 4.91. The number of carbonyl (C=O) groups excluding carboxylic acids is 7. The maximum Gasteiger partial charge on any atom is 0.408 e. The molecule has 0 aromatic heterocycles. The van der Waals surface area contributed by atoms with Gasteiger partial charge in [0.05, 0.1) is 0 Å². The molecule has 0 aliphatic carbocycles. The highest BCUT2D eigenvalue weighted by Gasteiger charge is 2.37. The van der Waals surface area contributed by atoms with Crippen LogP contribution in [0.2, 0.25) is 0 Å². The molecule has 0 bridgehead atoms. The lowest BCUT2D eigenvalue weighted by Gasteiger charge is -2.29. The number of alkyl carbamates (subject to hydrolysis) is 1. The first-order valence-electron chi connectivity index (χ1n) is 16.6. The number of nitrogens with one attached hydrogen (secondary N) is 7. The highest BCUT2D eigenvalue weighted by atomic mass is 16.5. The lowest BCUT2D eigenvalue weighted by Crippen LogP contribution is -2.60. The largest absolute Gasteiger partial charge is 0.445 e. The second kappa shape index (κ2) is 19.3. The maximum absolute atomic E-state index is 13.3. The standard InChI is InChI=1S/C33H52N8O8/c1-18(2)26(31(46)36-21(6)28(43)35-20(5)27(42)34-19(3)4)39-40-30(45)25-15-12-16-41(25)32(47)23(8)37-29(44)22(7)38-33(48)49-17-24-13-10-9-11-14-24/h9-11,13-14,18-23,25-26,39H,12,15-17H2,1-8H3,(H,34,42)(H,35,43)(H,36,46)(H,37,44)(H,38,48)(H,40,45)/t20-,21-,22-,23-,25-,26-/m0/s1. The van der Waals surface area contributed by atoms with E-state index in [9.17, 15) is 33.6 Å². The predicted octanol–water partition coefficient (Wildman–Crippen LogP) is -0.0236. The van der Waals surface area contributed by atoms with Gasteiger partial charge in [0, 0.05) is 12.6 Å². The lowest BCUT2D eigenvalue weighted by atomic mass is 10.0. The Bertz CT molecular complexity index is 1320. The minimum absolute atomic E-state index is 0.0291. The lowest BCUT2D eigenvalue weighted by molar-refractivity contribution is -0.141. The van der Waals surface area contributed by atoms with Crippen LogP contribution in [-0.4, -0.2) is 95.3 Å². The number of hydrogen-bond acceptors (Lipinski definition) is 9. The molecule has 0 unspecified atom stereocenters. The number of carbonyl (C=O) groups is 7. The van der Waals surface area contributed by atoms with Gasteiger partial charge < -0.3 is 36.2 Å². The van der Waals surface area contributed by atoms with Crippen LogP contribution in [0, 0.1) is 5.92 Å². The van der Waals surface area contributed by atoms with Gasteiger partial charge in [0.2, 0.25) is 29.5 Å². The molecule has 7 N–H and O–H groups in total. The second-order valence-corrected chi connectivity index (χ2v) is 12.8. The summed E-state index contributed by atoms with van der Waals surface area (Å²) in [6, 6.07) is 3.37. The van der Waals surface area contributed by atoms with Crippen molar-refractivity contribution in [3.8, 4) is 0 Å². The number of hydrazine groups is 1. The molecule has 0 spiro atoms. The fraction of sp³-hybridized carbons (Fsp3) is 0.606. The zero-order valence-corrected chi connectivity index (χ0v) is 29.5. The number of rotatable bonds is 16. The number of likely N-dealkylation sites (tertiary alicyclic amines) is 1. The minimum atomic E-state index is -1.00. The van der Waals surface area contributed by atoms with E-state index in [-0.39, 0.29) is 31.0 Å². The predicted molar refractivity (Wildman–Crippen MR) is 180 cm³/mol. The van der Waals surface area contributed by atoms with E-state index in [0.29, 0.717) is 12.8 Å². The molecule has 1 heterocycles. The molecule has 16 nitrogen and oxygen atoms in total. The first-order valence-corrected chi connectivity index (χ1v) is 16.6. The van der Waals surface area contributed by atoms with Crippen molar-refractivity contribution in [3.05, 3.63) is 35.9 Å². The Morgan fingerprint density at radius 3 is 1.82 bits per heavy atom. The quantitative estimate of drug-likeness (QED) is 0.116. The average Bonchev–Trinajstić information content (AvgIpc) is 3.53. The van der Waals surface area contributed by atoms with Crippen molar-refractivity contribution < 1.29 is 38.3 Å². The first kappa shape index (κ1) is 40.4. The van der Waals surface area contributed by atoms with Gasteiger partial charge in [-0.05, 0) is 65.9 Å². The Morgan fingerprint density at radius 2 is 1.24 bits per heavy atom. The highest BCUT2D eigenvalue weighted by molar-refractivity contribution is 5.95. The Morgan fingerprint density at radius 1 is 0.714 bits per heavy atom. The number of benzene rings is 1. The van der Waals surface area contributed by atoms with Gasteiger partial charge >= 0.3 is 6.09 Å². The van der Waals surface area contributed by atoms with E-state index in [0.717, 1.165) is 5.56 Å².